The maximum absolute atomic E-state index is 12.7. The Morgan fingerprint density at radius 3 is 2.60 bits per heavy atom. The van der Waals surface area contributed by atoms with Crippen LogP contribution in [0.25, 0.3) is 0 Å². The summed E-state index contributed by atoms with van der Waals surface area (Å²) in [6, 6.07) is -0.740. The van der Waals surface area contributed by atoms with Crippen LogP contribution < -0.4 is 0 Å². The van der Waals surface area contributed by atoms with Crippen molar-refractivity contribution in [3.63, 3.8) is 0 Å². The first-order valence-electron chi connectivity index (χ1n) is 7.33. The van der Waals surface area contributed by atoms with Gasteiger partial charge in [0, 0.05) is 30.1 Å². The number of carboxylic acids is 1. The van der Waals surface area contributed by atoms with E-state index < -0.39 is 12.0 Å². The number of urea groups is 1. The molecule has 0 bridgehead atoms. The summed E-state index contributed by atoms with van der Waals surface area (Å²) in [7, 11) is 0. The zero-order chi connectivity index (χ0) is 14.8. The standard InChI is InChI=1S/C14H24N2O3S/c1-14(2)10-15(8-9-20-14)13(19)16-7-5-3-4-6-11(16)12(17)18/h11H,3-10H2,1-2H3,(H,17,18). The van der Waals surface area contributed by atoms with Crippen molar-refractivity contribution in [3.05, 3.63) is 0 Å². The number of carboxylic acid groups (broad SMARTS) is 1. The Morgan fingerprint density at radius 1 is 1.20 bits per heavy atom. The van der Waals surface area contributed by atoms with Crippen molar-refractivity contribution in [2.45, 2.75) is 50.3 Å². The summed E-state index contributed by atoms with van der Waals surface area (Å²) in [5, 5.41) is 9.37. The third-order valence-corrected chi connectivity index (χ3v) is 5.28. The highest BCUT2D eigenvalue weighted by Crippen LogP contribution is 2.30. The van der Waals surface area contributed by atoms with Gasteiger partial charge in [-0.15, -0.1) is 0 Å². The van der Waals surface area contributed by atoms with Gasteiger partial charge in [-0.1, -0.05) is 12.8 Å². The molecule has 2 heterocycles. The van der Waals surface area contributed by atoms with Crippen molar-refractivity contribution in [3.8, 4) is 0 Å². The second kappa shape index (κ2) is 6.24. The van der Waals surface area contributed by atoms with Gasteiger partial charge in [-0.25, -0.2) is 9.59 Å². The smallest absolute Gasteiger partial charge is 0.326 e. The lowest BCUT2D eigenvalue weighted by atomic mass is 10.1. The first-order chi connectivity index (χ1) is 9.41. The fourth-order valence-corrected chi connectivity index (χ4v) is 4.07. The molecule has 0 saturated carbocycles. The van der Waals surface area contributed by atoms with E-state index in [2.05, 4.69) is 13.8 Å². The molecule has 5 nitrogen and oxygen atoms in total. The Bertz CT molecular complexity index is 387. The molecule has 0 aromatic carbocycles. The van der Waals surface area contributed by atoms with Gasteiger partial charge in [-0.05, 0) is 26.7 Å². The average Bonchev–Trinajstić information content (AvgIpc) is 2.62. The van der Waals surface area contributed by atoms with Crippen LogP contribution in [0, 0.1) is 0 Å². The third kappa shape index (κ3) is 3.59. The maximum atomic E-state index is 12.7. The fourth-order valence-electron chi connectivity index (χ4n) is 2.96. The van der Waals surface area contributed by atoms with E-state index in [1.54, 1.807) is 4.90 Å². The molecule has 20 heavy (non-hydrogen) atoms. The molecule has 1 unspecified atom stereocenters. The Hall–Kier alpha value is -0.910. The summed E-state index contributed by atoms with van der Waals surface area (Å²) in [4.78, 5) is 27.5. The minimum Gasteiger partial charge on any atom is -0.480 e. The molecular weight excluding hydrogens is 276 g/mol. The highest BCUT2D eigenvalue weighted by atomic mass is 32.2. The second-order valence-electron chi connectivity index (χ2n) is 6.21. The van der Waals surface area contributed by atoms with Gasteiger partial charge in [0.15, 0.2) is 0 Å². The van der Waals surface area contributed by atoms with E-state index in [0.717, 1.165) is 31.6 Å². The van der Waals surface area contributed by atoms with Crippen molar-refractivity contribution >= 4 is 23.8 Å². The van der Waals surface area contributed by atoms with Gasteiger partial charge in [-0.2, -0.15) is 11.8 Å². The number of hydrogen-bond donors (Lipinski definition) is 1. The number of hydrogen-bond acceptors (Lipinski definition) is 3. The minimum absolute atomic E-state index is 0.0540. The molecule has 0 aromatic rings. The number of thioether (sulfide) groups is 1. The van der Waals surface area contributed by atoms with Gasteiger partial charge in [0.1, 0.15) is 6.04 Å². The molecule has 0 aromatic heterocycles. The van der Waals surface area contributed by atoms with Crippen molar-refractivity contribution in [1.29, 1.82) is 0 Å². The van der Waals surface area contributed by atoms with E-state index >= 15 is 0 Å². The highest BCUT2D eigenvalue weighted by molar-refractivity contribution is 8.00. The topological polar surface area (TPSA) is 60.9 Å². The van der Waals surface area contributed by atoms with Gasteiger partial charge in [0.25, 0.3) is 0 Å². The summed E-state index contributed by atoms with van der Waals surface area (Å²) in [5.41, 5.74) is 0. The molecule has 0 aliphatic carbocycles. The number of aliphatic carboxylic acids is 1. The van der Waals surface area contributed by atoms with Gasteiger partial charge < -0.3 is 14.9 Å². The predicted octanol–water partition coefficient (Wildman–Crippen LogP) is 2.26. The SMILES string of the molecule is CC1(C)CN(C(=O)N2CCCCCC2C(=O)O)CCS1. The Kier molecular flexibility index (Phi) is 4.83. The normalized spacial score (nSPS) is 27.0. The van der Waals surface area contributed by atoms with E-state index in [9.17, 15) is 14.7 Å². The lowest BCUT2D eigenvalue weighted by Gasteiger charge is -2.40. The largest absolute Gasteiger partial charge is 0.480 e. The number of likely N-dealkylation sites (tertiary alicyclic amines) is 1. The Balaban J connectivity index is 2.10. The van der Waals surface area contributed by atoms with Crippen LogP contribution in [0.15, 0.2) is 0 Å². The molecule has 1 N–H and O–H groups in total. The minimum atomic E-state index is -0.870. The maximum Gasteiger partial charge on any atom is 0.326 e. The van der Waals surface area contributed by atoms with E-state index in [-0.39, 0.29) is 10.8 Å². The van der Waals surface area contributed by atoms with Crippen molar-refractivity contribution in [2.75, 3.05) is 25.4 Å². The fraction of sp³-hybridized carbons (Fsp3) is 0.857. The number of amides is 2. The number of carbonyl (C=O) groups excluding carboxylic acids is 1. The van der Waals surface area contributed by atoms with Gasteiger partial charge in [0.05, 0.1) is 0 Å². The second-order valence-corrected chi connectivity index (χ2v) is 8.01. The van der Waals surface area contributed by atoms with Gasteiger partial charge in [-0.3, -0.25) is 0 Å². The predicted molar refractivity (Wildman–Crippen MR) is 80.1 cm³/mol. The molecule has 2 saturated heterocycles. The van der Waals surface area contributed by atoms with Crippen LogP contribution in [0.3, 0.4) is 0 Å². The van der Waals surface area contributed by atoms with Crippen LogP contribution in [-0.2, 0) is 4.79 Å². The van der Waals surface area contributed by atoms with E-state index in [4.69, 9.17) is 0 Å². The van der Waals surface area contributed by atoms with Crippen molar-refractivity contribution < 1.29 is 14.7 Å². The molecule has 0 spiro atoms. The lowest BCUT2D eigenvalue weighted by molar-refractivity contribution is -0.142. The van der Waals surface area contributed by atoms with Crippen LogP contribution in [0.4, 0.5) is 4.79 Å². The van der Waals surface area contributed by atoms with Gasteiger partial charge >= 0.3 is 12.0 Å². The number of carbonyl (C=O) groups is 2. The average molecular weight is 300 g/mol. The van der Waals surface area contributed by atoms with Crippen LogP contribution in [0.1, 0.15) is 39.5 Å². The molecule has 2 rings (SSSR count). The van der Waals surface area contributed by atoms with E-state index in [1.807, 2.05) is 16.7 Å². The van der Waals surface area contributed by atoms with Crippen molar-refractivity contribution in [1.82, 2.24) is 9.80 Å². The summed E-state index contributed by atoms with van der Waals surface area (Å²) >= 11 is 1.87. The Morgan fingerprint density at radius 2 is 1.95 bits per heavy atom. The molecule has 1 atom stereocenters. The zero-order valence-corrected chi connectivity index (χ0v) is 13.1. The molecule has 2 amide bonds. The summed E-state index contributed by atoms with van der Waals surface area (Å²) in [5.74, 6) is 0.0514. The monoisotopic (exact) mass is 300 g/mol. The van der Waals surface area contributed by atoms with E-state index in [0.29, 0.717) is 19.5 Å². The molecule has 0 radical (unpaired) electrons. The molecule has 2 aliphatic heterocycles. The zero-order valence-electron chi connectivity index (χ0n) is 12.3. The first kappa shape index (κ1) is 15.5. The van der Waals surface area contributed by atoms with Gasteiger partial charge in [0.2, 0.25) is 0 Å². The molecular formula is C14H24N2O3S. The van der Waals surface area contributed by atoms with Crippen LogP contribution in [-0.4, -0.2) is 63.1 Å². The van der Waals surface area contributed by atoms with E-state index in [1.165, 1.54) is 0 Å². The third-order valence-electron chi connectivity index (χ3n) is 3.98. The Labute approximate surface area is 124 Å². The molecule has 6 heteroatoms. The molecule has 114 valence electrons. The first-order valence-corrected chi connectivity index (χ1v) is 8.31. The quantitative estimate of drug-likeness (QED) is 0.807. The van der Waals surface area contributed by atoms with Crippen LogP contribution in [0.5, 0.6) is 0 Å². The number of rotatable bonds is 1. The summed E-state index contributed by atoms with van der Waals surface area (Å²) in [6.07, 6.45) is 3.38. The lowest BCUT2D eigenvalue weighted by Crippen LogP contribution is -2.55. The van der Waals surface area contributed by atoms with Crippen molar-refractivity contribution in [2.24, 2.45) is 0 Å². The van der Waals surface area contributed by atoms with Crippen LogP contribution in [0.2, 0.25) is 0 Å². The number of nitrogens with zero attached hydrogens (tertiary/aromatic N) is 2. The summed E-state index contributed by atoms with van der Waals surface area (Å²) in [6.45, 7) is 6.25. The molecule has 2 fully saturated rings. The van der Waals surface area contributed by atoms with Crippen LogP contribution >= 0.6 is 11.8 Å². The summed E-state index contributed by atoms with van der Waals surface area (Å²) < 4.78 is 0.0540. The molecule has 2 aliphatic rings. The highest BCUT2D eigenvalue weighted by Gasteiger charge is 2.36.